The molecule has 0 unspecified atom stereocenters. The van der Waals surface area contributed by atoms with E-state index in [0.29, 0.717) is 31.6 Å². The average Bonchev–Trinajstić information content (AvgIpc) is 3.26. The largest absolute Gasteiger partial charge is 0.337 e. The molecule has 2 fully saturated rings. The quantitative estimate of drug-likeness (QED) is 0.567. The fourth-order valence-electron chi connectivity index (χ4n) is 3.30. The van der Waals surface area contributed by atoms with Gasteiger partial charge in [0.15, 0.2) is 0 Å². The molecule has 0 spiro atoms. The fraction of sp³-hybridized carbons (Fsp3) is 0.526. The van der Waals surface area contributed by atoms with Crippen molar-refractivity contribution in [3.8, 4) is 0 Å². The first-order valence-corrected chi connectivity index (χ1v) is 10.3. The van der Waals surface area contributed by atoms with Crippen molar-refractivity contribution in [2.75, 3.05) is 17.6 Å². The van der Waals surface area contributed by atoms with E-state index in [1.807, 2.05) is 23.9 Å². The van der Waals surface area contributed by atoms with E-state index in [-0.39, 0.29) is 17.8 Å². The smallest absolute Gasteiger partial charge is 0.319 e. The summed E-state index contributed by atoms with van der Waals surface area (Å²) in [4.78, 5) is 36.5. The molecule has 4 amide bonds. The van der Waals surface area contributed by atoms with Gasteiger partial charge in [-0.05, 0) is 30.5 Å². The summed E-state index contributed by atoms with van der Waals surface area (Å²) in [7, 11) is 0. The van der Waals surface area contributed by atoms with E-state index >= 15 is 0 Å². The molecule has 3 rings (SSSR count). The molecule has 1 aromatic rings. The maximum absolute atomic E-state index is 11.9. The van der Waals surface area contributed by atoms with Crippen molar-refractivity contribution in [3.63, 3.8) is 0 Å². The highest BCUT2D eigenvalue weighted by atomic mass is 32.2. The van der Waals surface area contributed by atoms with Crippen molar-refractivity contribution >= 4 is 35.3 Å². The maximum Gasteiger partial charge on any atom is 0.319 e. The predicted octanol–water partition coefficient (Wildman–Crippen LogP) is 3.13. The Morgan fingerprint density at radius 3 is 2.38 bits per heavy atom. The Balaban J connectivity index is 1.38. The summed E-state index contributed by atoms with van der Waals surface area (Å²) >= 11 is 1.95. The number of hydrogen-bond acceptors (Lipinski definition) is 4. The van der Waals surface area contributed by atoms with Gasteiger partial charge in [-0.15, -0.1) is 0 Å². The van der Waals surface area contributed by atoms with Crippen molar-refractivity contribution in [1.82, 2.24) is 10.2 Å². The molecule has 7 heteroatoms. The highest BCUT2D eigenvalue weighted by Gasteiger charge is 2.28. The number of nitrogens with one attached hydrogen (secondary N) is 2. The Labute approximate surface area is 158 Å². The molecule has 0 atom stereocenters. The first-order chi connectivity index (χ1) is 12.6. The van der Waals surface area contributed by atoms with Crippen LogP contribution in [0, 0.1) is 0 Å². The third kappa shape index (κ3) is 5.24. The van der Waals surface area contributed by atoms with Gasteiger partial charge in [0.2, 0.25) is 11.8 Å². The second-order valence-electron chi connectivity index (χ2n) is 6.73. The van der Waals surface area contributed by atoms with Crippen molar-refractivity contribution in [3.05, 3.63) is 29.8 Å². The summed E-state index contributed by atoms with van der Waals surface area (Å²) < 4.78 is 0. The van der Waals surface area contributed by atoms with Gasteiger partial charge in [0.05, 0.1) is 6.54 Å². The average molecular weight is 375 g/mol. The molecule has 2 aliphatic rings. The van der Waals surface area contributed by atoms with Crippen LogP contribution in [0.15, 0.2) is 24.3 Å². The molecular weight excluding hydrogens is 350 g/mol. The molecule has 1 aliphatic heterocycles. The van der Waals surface area contributed by atoms with E-state index in [4.69, 9.17) is 0 Å². The normalized spacial score (nSPS) is 17.8. The number of imide groups is 1. The molecule has 0 aromatic heterocycles. The number of thioether (sulfide) groups is 1. The number of rotatable bonds is 7. The standard InChI is InChI=1S/C19H25N3O3S/c23-17-9-10-18(24)22(17)13-14-5-7-15(8-6-14)21-19(25)20-11-12-26-16-3-1-2-4-16/h5-8,16H,1-4,9-13H2,(H2,20,21,25). The lowest BCUT2D eigenvalue weighted by molar-refractivity contribution is -0.139. The van der Waals surface area contributed by atoms with E-state index in [2.05, 4.69) is 10.6 Å². The number of nitrogens with zero attached hydrogens (tertiary/aromatic N) is 1. The Morgan fingerprint density at radius 1 is 1.08 bits per heavy atom. The van der Waals surface area contributed by atoms with Crippen molar-refractivity contribution in [1.29, 1.82) is 0 Å². The minimum Gasteiger partial charge on any atom is -0.337 e. The van der Waals surface area contributed by atoms with Gasteiger partial charge in [-0.3, -0.25) is 14.5 Å². The van der Waals surface area contributed by atoms with Crippen molar-refractivity contribution in [2.24, 2.45) is 0 Å². The van der Waals surface area contributed by atoms with Crippen LogP contribution in [0.3, 0.4) is 0 Å². The minimum absolute atomic E-state index is 0.118. The summed E-state index contributed by atoms with van der Waals surface area (Å²) in [6, 6.07) is 7.00. The van der Waals surface area contributed by atoms with Crippen LogP contribution in [-0.4, -0.2) is 40.3 Å². The van der Waals surface area contributed by atoms with E-state index in [1.165, 1.54) is 30.6 Å². The number of urea groups is 1. The van der Waals surface area contributed by atoms with Crippen molar-refractivity contribution in [2.45, 2.75) is 50.3 Å². The van der Waals surface area contributed by atoms with Crippen LogP contribution in [0.25, 0.3) is 0 Å². The van der Waals surface area contributed by atoms with Gasteiger partial charge in [-0.1, -0.05) is 25.0 Å². The Morgan fingerprint density at radius 2 is 1.73 bits per heavy atom. The monoisotopic (exact) mass is 375 g/mol. The number of likely N-dealkylation sites (tertiary alicyclic amines) is 1. The number of carbonyl (C=O) groups excluding carboxylic acids is 3. The topological polar surface area (TPSA) is 78.5 Å². The van der Waals surface area contributed by atoms with Crippen LogP contribution in [-0.2, 0) is 16.1 Å². The first kappa shape index (κ1) is 18.8. The van der Waals surface area contributed by atoms with Gasteiger partial charge in [-0.2, -0.15) is 11.8 Å². The molecule has 140 valence electrons. The number of hydrogen-bond donors (Lipinski definition) is 2. The predicted molar refractivity (Wildman–Crippen MR) is 103 cm³/mol. The summed E-state index contributed by atoms with van der Waals surface area (Å²) in [5.74, 6) is 0.702. The van der Waals surface area contributed by atoms with E-state index in [1.54, 1.807) is 12.1 Å². The molecular formula is C19H25N3O3S. The summed E-state index contributed by atoms with van der Waals surface area (Å²) in [6.07, 6.45) is 5.88. The highest BCUT2D eigenvalue weighted by Crippen LogP contribution is 2.28. The summed E-state index contributed by atoms with van der Waals surface area (Å²) in [6.45, 7) is 0.951. The maximum atomic E-state index is 11.9. The molecule has 1 aliphatic carbocycles. The molecule has 6 nitrogen and oxygen atoms in total. The molecule has 0 radical (unpaired) electrons. The molecule has 1 saturated heterocycles. The first-order valence-electron chi connectivity index (χ1n) is 9.20. The fourth-order valence-corrected chi connectivity index (χ4v) is 4.52. The zero-order valence-electron chi connectivity index (χ0n) is 14.8. The second-order valence-corrected chi connectivity index (χ2v) is 8.14. The van der Waals surface area contributed by atoms with Gasteiger partial charge >= 0.3 is 6.03 Å². The second kappa shape index (κ2) is 9.07. The lowest BCUT2D eigenvalue weighted by Gasteiger charge is -2.14. The highest BCUT2D eigenvalue weighted by molar-refractivity contribution is 7.99. The van der Waals surface area contributed by atoms with E-state index < -0.39 is 0 Å². The minimum atomic E-state index is -0.213. The zero-order valence-corrected chi connectivity index (χ0v) is 15.6. The molecule has 26 heavy (non-hydrogen) atoms. The Hall–Kier alpha value is -2.02. The number of benzene rings is 1. The zero-order chi connectivity index (χ0) is 18.4. The molecule has 1 heterocycles. The number of amides is 4. The Bertz CT molecular complexity index is 640. The number of anilines is 1. The summed E-state index contributed by atoms with van der Waals surface area (Å²) in [5, 5.41) is 6.44. The lowest BCUT2D eigenvalue weighted by Crippen LogP contribution is -2.30. The van der Waals surface area contributed by atoms with Crippen LogP contribution in [0.2, 0.25) is 0 Å². The third-order valence-corrected chi connectivity index (χ3v) is 6.13. The van der Waals surface area contributed by atoms with Gasteiger partial charge in [0, 0.05) is 36.1 Å². The molecule has 1 aromatic carbocycles. The number of carbonyl (C=O) groups is 3. The lowest BCUT2D eigenvalue weighted by atomic mass is 10.2. The van der Waals surface area contributed by atoms with Gasteiger partial charge in [-0.25, -0.2) is 4.79 Å². The van der Waals surface area contributed by atoms with Crippen LogP contribution in [0.5, 0.6) is 0 Å². The van der Waals surface area contributed by atoms with Crippen molar-refractivity contribution < 1.29 is 14.4 Å². The Kier molecular flexibility index (Phi) is 6.55. The van der Waals surface area contributed by atoms with Gasteiger partial charge < -0.3 is 10.6 Å². The van der Waals surface area contributed by atoms with Gasteiger partial charge in [0.25, 0.3) is 0 Å². The van der Waals surface area contributed by atoms with E-state index in [9.17, 15) is 14.4 Å². The van der Waals surface area contributed by atoms with Crippen LogP contribution in [0.1, 0.15) is 44.1 Å². The van der Waals surface area contributed by atoms with Crippen LogP contribution < -0.4 is 10.6 Å². The molecule has 0 bridgehead atoms. The van der Waals surface area contributed by atoms with E-state index in [0.717, 1.165) is 16.6 Å². The molecule has 2 N–H and O–H groups in total. The molecule has 1 saturated carbocycles. The van der Waals surface area contributed by atoms with Crippen LogP contribution in [0.4, 0.5) is 10.5 Å². The third-order valence-electron chi connectivity index (χ3n) is 4.75. The SMILES string of the molecule is O=C(NCCSC1CCCC1)Nc1ccc(CN2C(=O)CCC2=O)cc1. The summed E-state index contributed by atoms with van der Waals surface area (Å²) in [5.41, 5.74) is 1.56. The van der Waals surface area contributed by atoms with Crippen LogP contribution >= 0.6 is 11.8 Å². The van der Waals surface area contributed by atoms with Gasteiger partial charge in [0.1, 0.15) is 0 Å².